The number of ether oxygens (including phenoxy) is 1. The molecule has 0 bridgehead atoms. The summed E-state index contributed by atoms with van der Waals surface area (Å²) in [7, 11) is 1.55. The van der Waals surface area contributed by atoms with E-state index < -0.39 is 0 Å². The second kappa shape index (κ2) is 9.62. The molecule has 8 heteroatoms. The van der Waals surface area contributed by atoms with Crippen molar-refractivity contribution in [2.24, 2.45) is 5.41 Å². The highest BCUT2D eigenvalue weighted by Gasteiger charge is 2.44. The molecule has 1 saturated heterocycles. The van der Waals surface area contributed by atoms with E-state index in [9.17, 15) is 9.18 Å². The number of fused-ring (bicyclic) bond motifs is 1. The molecule has 2 heterocycles. The van der Waals surface area contributed by atoms with Crippen molar-refractivity contribution in [3.63, 3.8) is 0 Å². The summed E-state index contributed by atoms with van der Waals surface area (Å²) < 4.78 is 19.2. The molecule has 2 aliphatic rings. The summed E-state index contributed by atoms with van der Waals surface area (Å²) in [5.41, 5.74) is 3.07. The van der Waals surface area contributed by atoms with Crippen molar-refractivity contribution in [1.82, 2.24) is 14.9 Å². The summed E-state index contributed by atoms with van der Waals surface area (Å²) in [4.78, 5) is 23.8. The van der Waals surface area contributed by atoms with E-state index in [1.165, 1.54) is 38.1 Å². The number of anilines is 3. The maximum absolute atomic E-state index is 13.7. The highest BCUT2D eigenvalue weighted by molar-refractivity contribution is 6.03. The first kappa shape index (κ1) is 23.2. The van der Waals surface area contributed by atoms with Crippen LogP contribution in [-0.2, 0) is 4.79 Å². The van der Waals surface area contributed by atoms with E-state index in [0.717, 1.165) is 19.6 Å². The number of rotatable bonds is 7. The summed E-state index contributed by atoms with van der Waals surface area (Å²) in [5.74, 6) is 0.567. The van der Waals surface area contributed by atoms with Gasteiger partial charge in [0.25, 0.3) is 0 Å². The van der Waals surface area contributed by atoms with Crippen LogP contribution in [0.5, 0.6) is 5.75 Å². The Kier molecular flexibility index (Phi) is 6.38. The van der Waals surface area contributed by atoms with Crippen molar-refractivity contribution < 1.29 is 13.9 Å². The van der Waals surface area contributed by atoms with Crippen LogP contribution in [0.25, 0.3) is 10.9 Å². The zero-order chi connectivity index (χ0) is 24.4. The van der Waals surface area contributed by atoms with Gasteiger partial charge in [-0.05, 0) is 80.9 Å². The van der Waals surface area contributed by atoms with Gasteiger partial charge in [-0.3, -0.25) is 9.69 Å². The average Bonchev–Trinajstić information content (AvgIpc) is 3.61. The lowest BCUT2D eigenvalue weighted by atomic mass is 9.94. The number of amides is 1. The van der Waals surface area contributed by atoms with E-state index >= 15 is 0 Å². The molecule has 1 aliphatic heterocycles. The molecule has 7 nitrogen and oxygen atoms in total. The Morgan fingerprint density at radius 3 is 2.69 bits per heavy atom. The highest BCUT2D eigenvalue weighted by atomic mass is 19.1. The average molecular weight is 476 g/mol. The number of halogens is 1. The van der Waals surface area contributed by atoms with Gasteiger partial charge >= 0.3 is 0 Å². The molecule has 0 unspecified atom stereocenters. The predicted octanol–water partition coefficient (Wildman–Crippen LogP) is 5.20. The molecule has 1 aromatic heterocycles. The van der Waals surface area contributed by atoms with Crippen LogP contribution in [0.3, 0.4) is 0 Å². The van der Waals surface area contributed by atoms with Crippen LogP contribution < -0.4 is 15.4 Å². The van der Waals surface area contributed by atoms with Crippen LogP contribution in [0.2, 0.25) is 0 Å². The molecule has 2 aromatic carbocycles. The third kappa shape index (κ3) is 5.27. The predicted molar refractivity (Wildman–Crippen MR) is 136 cm³/mol. The zero-order valence-corrected chi connectivity index (χ0v) is 20.1. The van der Waals surface area contributed by atoms with E-state index in [1.54, 1.807) is 44.4 Å². The summed E-state index contributed by atoms with van der Waals surface area (Å²) in [6.07, 6.45) is 10.3. The van der Waals surface area contributed by atoms with Crippen molar-refractivity contribution >= 4 is 34.0 Å². The number of nitrogens with one attached hydrogen (secondary N) is 2. The molecule has 182 valence electrons. The van der Waals surface area contributed by atoms with Crippen LogP contribution in [0.15, 0.2) is 48.8 Å². The van der Waals surface area contributed by atoms with Gasteiger partial charge in [-0.25, -0.2) is 14.4 Å². The minimum atomic E-state index is -0.266. The van der Waals surface area contributed by atoms with Crippen molar-refractivity contribution in [2.45, 2.75) is 32.6 Å². The largest absolute Gasteiger partial charge is 0.494 e. The number of aryl methyl sites for hydroxylation is 1. The molecule has 1 amide bonds. The Morgan fingerprint density at radius 1 is 1.17 bits per heavy atom. The van der Waals surface area contributed by atoms with Gasteiger partial charge < -0.3 is 15.4 Å². The van der Waals surface area contributed by atoms with Gasteiger partial charge in [0, 0.05) is 29.8 Å². The van der Waals surface area contributed by atoms with Crippen LogP contribution in [0, 0.1) is 18.2 Å². The maximum Gasteiger partial charge on any atom is 0.248 e. The van der Waals surface area contributed by atoms with E-state index in [4.69, 9.17) is 4.74 Å². The number of carbonyl (C=O) groups is 1. The Morgan fingerprint density at radius 2 is 1.97 bits per heavy atom. The third-order valence-electron chi connectivity index (χ3n) is 7.14. The smallest absolute Gasteiger partial charge is 0.248 e. The minimum absolute atomic E-state index is 0.223. The molecule has 2 N–H and O–H groups in total. The highest BCUT2D eigenvalue weighted by Crippen LogP contribution is 2.53. The zero-order valence-electron chi connectivity index (χ0n) is 20.1. The molecule has 0 atom stereocenters. The quantitative estimate of drug-likeness (QED) is 0.457. The monoisotopic (exact) mass is 475 g/mol. The lowest BCUT2D eigenvalue weighted by Crippen LogP contribution is -2.34. The summed E-state index contributed by atoms with van der Waals surface area (Å²) in [6.45, 7) is 4.69. The first-order chi connectivity index (χ1) is 16.9. The van der Waals surface area contributed by atoms with Gasteiger partial charge in [-0.2, -0.15) is 0 Å². The van der Waals surface area contributed by atoms with Crippen molar-refractivity contribution in [1.29, 1.82) is 0 Å². The first-order valence-corrected chi connectivity index (χ1v) is 12.0. The minimum Gasteiger partial charge on any atom is -0.494 e. The molecule has 3 aromatic rings. The van der Waals surface area contributed by atoms with Gasteiger partial charge in [0.2, 0.25) is 5.91 Å². The molecule has 35 heavy (non-hydrogen) atoms. The molecule has 5 rings (SSSR count). The fraction of sp³-hybridized carbons (Fsp3) is 0.370. The van der Waals surface area contributed by atoms with Gasteiger partial charge in [-0.15, -0.1) is 0 Å². The molecule has 0 radical (unpaired) electrons. The lowest BCUT2D eigenvalue weighted by molar-refractivity contribution is -0.111. The Labute approximate surface area is 204 Å². The van der Waals surface area contributed by atoms with Gasteiger partial charge in [0.05, 0.1) is 18.3 Å². The van der Waals surface area contributed by atoms with Crippen molar-refractivity contribution in [2.75, 3.05) is 37.4 Å². The first-order valence-electron chi connectivity index (χ1n) is 12.0. The molecule has 2 fully saturated rings. The lowest BCUT2D eigenvalue weighted by Gasteiger charge is -2.31. The van der Waals surface area contributed by atoms with E-state index in [2.05, 4.69) is 25.5 Å². The maximum atomic E-state index is 13.7. The summed E-state index contributed by atoms with van der Waals surface area (Å²) >= 11 is 0. The topological polar surface area (TPSA) is 79.4 Å². The number of piperidine rings is 1. The molecule has 1 saturated carbocycles. The van der Waals surface area contributed by atoms with Crippen LogP contribution in [-0.4, -0.2) is 47.5 Å². The van der Waals surface area contributed by atoms with Gasteiger partial charge in [-0.1, -0.05) is 6.08 Å². The fourth-order valence-corrected chi connectivity index (χ4v) is 4.68. The molecule has 1 aliphatic carbocycles. The third-order valence-corrected chi connectivity index (χ3v) is 7.14. The van der Waals surface area contributed by atoms with E-state index in [1.807, 2.05) is 6.08 Å². The Bertz CT molecular complexity index is 1280. The van der Waals surface area contributed by atoms with E-state index in [0.29, 0.717) is 44.8 Å². The SMILES string of the molecule is COc1cc2ncnc(Nc3ccc(F)c(C)c3)c2cc1NC(=O)/C=C/CN1CCC2(CC1)CC2. The number of hydrogen-bond donors (Lipinski definition) is 2. The number of methoxy groups -OCH3 is 1. The number of nitrogens with zero attached hydrogens (tertiary/aromatic N) is 3. The second-order valence-electron chi connectivity index (χ2n) is 9.57. The number of aromatic nitrogens is 2. The second-order valence-corrected chi connectivity index (χ2v) is 9.57. The standard InChI is InChI=1S/C27H30FN5O2/c1-18-14-19(5-6-21(18)28)31-26-20-15-23(24(35-2)16-22(20)29-17-30-26)32-25(34)4-3-11-33-12-9-27(7-8-27)10-13-33/h3-6,14-17H,7-13H2,1-2H3,(H,32,34)(H,29,30,31)/b4-3+. The van der Waals surface area contributed by atoms with Crippen molar-refractivity contribution in [3.8, 4) is 5.75 Å². The number of hydrogen-bond acceptors (Lipinski definition) is 6. The van der Waals surface area contributed by atoms with Crippen LogP contribution in [0.4, 0.5) is 21.6 Å². The molecular formula is C27H30FN5O2. The fourth-order valence-electron chi connectivity index (χ4n) is 4.68. The molecular weight excluding hydrogens is 445 g/mol. The van der Waals surface area contributed by atoms with Crippen molar-refractivity contribution in [3.05, 3.63) is 60.2 Å². The number of benzene rings is 2. The number of carbonyl (C=O) groups excluding carboxylic acids is 1. The van der Waals surface area contributed by atoms with Crippen LogP contribution in [0.1, 0.15) is 31.2 Å². The summed E-state index contributed by atoms with van der Waals surface area (Å²) in [6, 6.07) is 8.33. The normalized spacial score (nSPS) is 17.1. The Balaban J connectivity index is 1.30. The number of likely N-dealkylation sites (tertiary alicyclic amines) is 1. The molecule has 1 spiro atoms. The van der Waals surface area contributed by atoms with Crippen LogP contribution >= 0.6 is 0 Å². The summed E-state index contributed by atoms with van der Waals surface area (Å²) in [5, 5.41) is 6.85. The Hall–Kier alpha value is -3.52. The van der Waals surface area contributed by atoms with Gasteiger partial charge in [0.15, 0.2) is 0 Å². The van der Waals surface area contributed by atoms with E-state index in [-0.39, 0.29) is 11.7 Å². The van der Waals surface area contributed by atoms with Gasteiger partial charge in [0.1, 0.15) is 23.7 Å².